The zero-order valence-electron chi connectivity index (χ0n) is 30.5. The lowest BCUT2D eigenvalue weighted by Crippen LogP contribution is -2.14. The van der Waals surface area contributed by atoms with Gasteiger partial charge in [-0.3, -0.25) is 0 Å². The van der Waals surface area contributed by atoms with E-state index in [-0.39, 0.29) is 5.41 Å². The van der Waals surface area contributed by atoms with Gasteiger partial charge in [0.15, 0.2) is 0 Å². The minimum atomic E-state index is -0.0504. The van der Waals surface area contributed by atoms with E-state index in [9.17, 15) is 0 Å². The van der Waals surface area contributed by atoms with Crippen molar-refractivity contribution in [3.63, 3.8) is 0 Å². The molecule has 0 atom stereocenters. The third-order valence-electron chi connectivity index (χ3n) is 11.4. The molecule has 1 nitrogen and oxygen atoms in total. The van der Waals surface area contributed by atoms with Crippen LogP contribution in [0.5, 0.6) is 0 Å². The maximum absolute atomic E-state index is 2.39. The van der Waals surface area contributed by atoms with Crippen LogP contribution in [-0.2, 0) is 5.41 Å². The highest BCUT2D eigenvalue weighted by Crippen LogP contribution is 2.52. The van der Waals surface area contributed by atoms with E-state index in [4.69, 9.17) is 0 Å². The molecule has 1 heteroatoms. The van der Waals surface area contributed by atoms with E-state index in [1.165, 1.54) is 77.2 Å². The summed E-state index contributed by atoms with van der Waals surface area (Å²) in [6, 6.07) is 73.4. The van der Waals surface area contributed by atoms with Gasteiger partial charge in [0.05, 0.1) is 0 Å². The first-order chi connectivity index (χ1) is 26.5. The van der Waals surface area contributed by atoms with Gasteiger partial charge in [0.25, 0.3) is 0 Å². The molecule has 0 amide bonds. The van der Waals surface area contributed by atoms with Gasteiger partial charge in [0, 0.05) is 22.5 Å². The van der Waals surface area contributed by atoms with Crippen molar-refractivity contribution in [3.05, 3.63) is 211 Å². The SMILES string of the molecule is CC1(C)c2ccccc2-c2c(-c3cccc(N(c4ccc(-c5ccc6ccccc6c5)cc4)c4ccc(-c5ccc6ccccc6c5)cc4)c3)cccc21. The molecule has 0 heterocycles. The first kappa shape index (κ1) is 32.0. The molecule has 0 saturated heterocycles. The van der Waals surface area contributed by atoms with Gasteiger partial charge in [-0.2, -0.15) is 0 Å². The van der Waals surface area contributed by atoms with Crippen LogP contribution in [0.4, 0.5) is 17.1 Å². The van der Waals surface area contributed by atoms with E-state index >= 15 is 0 Å². The van der Waals surface area contributed by atoms with Crippen molar-refractivity contribution in [2.45, 2.75) is 19.3 Å². The number of hydrogen-bond donors (Lipinski definition) is 0. The smallest absolute Gasteiger partial charge is 0.0467 e. The summed E-state index contributed by atoms with van der Waals surface area (Å²) in [6.07, 6.45) is 0. The summed E-state index contributed by atoms with van der Waals surface area (Å²) < 4.78 is 0. The zero-order chi connectivity index (χ0) is 36.2. The van der Waals surface area contributed by atoms with Gasteiger partial charge in [-0.05, 0) is 126 Å². The minimum Gasteiger partial charge on any atom is -0.310 e. The Balaban J connectivity index is 1.08. The number of anilines is 3. The minimum absolute atomic E-state index is 0.0504. The van der Waals surface area contributed by atoms with Crippen molar-refractivity contribution in [2.24, 2.45) is 0 Å². The quantitative estimate of drug-likeness (QED) is 0.168. The second-order valence-electron chi connectivity index (χ2n) is 15.0. The number of fused-ring (bicyclic) bond motifs is 5. The second-order valence-corrected chi connectivity index (χ2v) is 15.0. The zero-order valence-corrected chi connectivity index (χ0v) is 30.5. The third-order valence-corrected chi connectivity index (χ3v) is 11.4. The summed E-state index contributed by atoms with van der Waals surface area (Å²) in [5.74, 6) is 0. The summed E-state index contributed by atoms with van der Waals surface area (Å²) >= 11 is 0. The predicted molar refractivity (Wildman–Crippen MR) is 230 cm³/mol. The fraction of sp³-hybridized carbons (Fsp3) is 0.0566. The molecule has 0 saturated carbocycles. The van der Waals surface area contributed by atoms with Gasteiger partial charge < -0.3 is 4.90 Å². The second kappa shape index (κ2) is 12.8. The number of nitrogens with zero attached hydrogens (tertiary/aromatic N) is 1. The summed E-state index contributed by atoms with van der Waals surface area (Å²) in [6.45, 7) is 4.70. The van der Waals surface area contributed by atoms with Crippen molar-refractivity contribution in [2.75, 3.05) is 4.90 Å². The lowest BCUT2D eigenvalue weighted by atomic mass is 9.82. The average molecular weight is 690 g/mol. The Morgan fingerprint density at radius 2 is 0.796 bits per heavy atom. The fourth-order valence-corrected chi connectivity index (χ4v) is 8.60. The van der Waals surface area contributed by atoms with Crippen LogP contribution in [0.1, 0.15) is 25.0 Å². The summed E-state index contributed by atoms with van der Waals surface area (Å²) in [5, 5.41) is 5.02. The number of rotatable bonds is 6. The molecular weight excluding hydrogens is 651 g/mol. The molecule has 0 unspecified atom stereocenters. The van der Waals surface area contributed by atoms with Crippen molar-refractivity contribution in [3.8, 4) is 44.5 Å². The molecule has 54 heavy (non-hydrogen) atoms. The van der Waals surface area contributed by atoms with E-state index < -0.39 is 0 Å². The van der Waals surface area contributed by atoms with Crippen molar-refractivity contribution >= 4 is 38.6 Å². The van der Waals surface area contributed by atoms with Gasteiger partial charge >= 0.3 is 0 Å². The van der Waals surface area contributed by atoms with Crippen LogP contribution in [0.3, 0.4) is 0 Å². The van der Waals surface area contributed by atoms with Crippen molar-refractivity contribution in [1.82, 2.24) is 0 Å². The molecule has 0 aliphatic heterocycles. The molecule has 0 spiro atoms. The summed E-state index contributed by atoms with van der Waals surface area (Å²) in [7, 11) is 0. The van der Waals surface area contributed by atoms with Gasteiger partial charge in [-0.25, -0.2) is 0 Å². The van der Waals surface area contributed by atoms with E-state index in [1.807, 2.05) is 0 Å². The summed E-state index contributed by atoms with van der Waals surface area (Å²) in [4.78, 5) is 2.39. The highest BCUT2D eigenvalue weighted by atomic mass is 15.1. The first-order valence-corrected chi connectivity index (χ1v) is 18.8. The van der Waals surface area contributed by atoms with Crippen LogP contribution >= 0.6 is 0 Å². The monoisotopic (exact) mass is 689 g/mol. The van der Waals surface area contributed by atoms with Crippen LogP contribution < -0.4 is 4.90 Å². The highest BCUT2D eigenvalue weighted by Gasteiger charge is 2.36. The molecule has 0 aromatic heterocycles. The Morgan fingerprint density at radius 1 is 0.315 bits per heavy atom. The standard InChI is InChI=1S/C53H39N/c1-53(2)50-19-8-7-17-49(50)52-48(18-10-20-51(52)53)44-15-9-16-47(35-44)54(45-29-25-38(26-30-45)42-23-21-36-11-3-5-13-40(36)33-42)46-31-27-39(28-32-46)43-24-22-37-12-4-6-14-41(37)34-43/h3-35H,1-2H3. The van der Waals surface area contributed by atoms with Crippen LogP contribution in [0, 0.1) is 0 Å². The molecule has 0 fully saturated rings. The Bertz CT molecular complexity index is 2720. The first-order valence-electron chi connectivity index (χ1n) is 18.8. The van der Waals surface area contributed by atoms with Gasteiger partial charge in [0.2, 0.25) is 0 Å². The Kier molecular flexibility index (Phi) is 7.56. The van der Waals surface area contributed by atoms with Gasteiger partial charge in [-0.1, -0.05) is 166 Å². The molecule has 1 aliphatic carbocycles. The van der Waals surface area contributed by atoms with E-state index in [0.717, 1.165) is 17.1 Å². The molecule has 9 aromatic rings. The molecule has 9 aromatic carbocycles. The van der Waals surface area contributed by atoms with Gasteiger partial charge in [-0.15, -0.1) is 0 Å². The third kappa shape index (κ3) is 5.40. The number of benzene rings is 9. The van der Waals surface area contributed by atoms with Crippen molar-refractivity contribution < 1.29 is 0 Å². The van der Waals surface area contributed by atoms with Crippen molar-refractivity contribution in [1.29, 1.82) is 0 Å². The maximum atomic E-state index is 2.39. The topological polar surface area (TPSA) is 3.24 Å². The van der Waals surface area contributed by atoms with Crippen LogP contribution in [-0.4, -0.2) is 0 Å². The van der Waals surface area contributed by atoms with Gasteiger partial charge in [0.1, 0.15) is 0 Å². The fourth-order valence-electron chi connectivity index (χ4n) is 8.60. The molecular formula is C53H39N. The molecule has 0 bridgehead atoms. The lowest BCUT2D eigenvalue weighted by molar-refractivity contribution is 0.660. The Morgan fingerprint density at radius 3 is 1.41 bits per heavy atom. The molecule has 0 radical (unpaired) electrons. The van der Waals surface area contributed by atoms with E-state index in [2.05, 4.69) is 219 Å². The Labute approximate surface area is 317 Å². The largest absolute Gasteiger partial charge is 0.310 e. The number of hydrogen-bond acceptors (Lipinski definition) is 1. The molecule has 0 N–H and O–H groups in total. The van der Waals surface area contributed by atoms with Crippen LogP contribution in [0.15, 0.2) is 200 Å². The van der Waals surface area contributed by atoms with Crippen LogP contribution in [0.2, 0.25) is 0 Å². The van der Waals surface area contributed by atoms with Crippen LogP contribution in [0.25, 0.3) is 66.1 Å². The molecule has 256 valence electrons. The Hall–Kier alpha value is -6.70. The van der Waals surface area contributed by atoms with E-state index in [1.54, 1.807) is 0 Å². The molecule has 1 aliphatic rings. The summed E-state index contributed by atoms with van der Waals surface area (Å²) in [5.41, 5.74) is 16.1. The predicted octanol–water partition coefficient (Wildman–Crippen LogP) is 14.8. The lowest BCUT2D eigenvalue weighted by Gasteiger charge is -2.27. The normalized spacial score (nSPS) is 12.8. The highest BCUT2D eigenvalue weighted by molar-refractivity contribution is 5.94. The average Bonchev–Trinajstić information content (AvgIpc) is 3.47. The maximum Gasteiger partial charge on any atom is 0.0467 e. The van der Waals surface area contributed by atoms with E-state index in [0.29, 0.717) is 0 Å². The molecule has 10 rings (SSSR count).